The number of nitrogens with one attached hydrogen (secondary N) is 1. The molecule has 188 valence electrons. The van der Waals surface area contributed by atoms with Crippen LogP contribution >= 0.6 is 11.3 Å². The standard InChI is InChI=1S/C25H29N7O3S/c1-14-11-15(2)31(28-14)17-12-30(13-18(17)33)23(35)19-20-21(32(29-19)25(3,4)5)26-24(36-20)27-22(34)16-9-7-6-8-10-16/h6-11,17-18,33H,12-13H2,1-5H3,(H,26,27,34)/t17-,18-/m1/s1. The van der Waals surface area contributed by atoms with Gasteiger partial charge < -0.3 is 10.0 Å². The van der Waals surface area contributed by atoms with E-state index in [0.29, 0.717) is 27.6 Å². The molecule has 1 aliphatic rings. The number of likely N-dealkylation sites (tertiary alicyclic amines) is 1. The smallest absolute Gasteiger partial charge is 0.276 e. The van der Waals surface area contributed by atoms with E-state index in [-0.39, 0.29) is 30.1 Å². The van der Waals surface area contributed by atoms with Gasteiger partial charge >= 0.3 is 0 Å². The van der Waals surface area contributed by atoms with Crippen molar-refractivity contribution in [2.75, 3.05) is 18.4 Å². The minimum atomic E-state index is -0.741. The maximum atomic E-state index is 13.7. The molecular weight excluding hydrogens is 478 g/mol. The van der Waals surface area contributed by atoms with Gasteiger partial charge in [0.05, 0.1) is 23.4 Å². The topological polar surface area (TPSA) is 118 Å². The Bertz CT molecular complexity index is 1450. The van der Waals surface area contributed by atoms with Crippen LogP contribution in [0.25, 0.3) is 10.3 Å². The molecule has 0 saturated carbocycles. The Morgan fingerprint density at radius 1 is 1.11 bits per heavy atom. The molecule has 0 radical (unpaired) electrons. The van der Waals surface area contributed by atoms with E-state index in [1.807, 2.05) is 46.8 Å². The average Bonchev–Trinajstić information content (AvgIpc) is 3.56. The van der Waals surface area contributed by atoms with Gasteiger partial charge in [-0.2, -0.15) is 15.2 Å². The molecule has 0 bridgehead atoms. The largest absolute Gasteiger partial charge is 0.389 e. The third-order valence-corrected chi connectivity index (χ3v) is 7.19. The van der Waals surface area contributed by atoms with Crippen molar-refractivity contribution in [1.29, 1.82) is 0 Å². The molecule has 0 spiro atoms. The van der Waals surface area contributed by atoms with Gasteiger partial charge in [0.15, 0.2) is 16.5 Å². The minimum Gasteiger partial charge on any atom is -0.389 e. The molecule has 0 unspecified atom stereocenters. The number of carbonyl (C=O) groups is 2. The summed E-state index contributed by atoms with van der Waals surface area (Å²) >= 11 is 1.22. The van der Waals surface area contributed by atoms with Gasteiger partial charge in [0.25, 0.3) is 11.8 Å². The molecule has 10 nitrogen and oxygen atoms in total. The molecule has 11 heteroatoms. The first-order chi connectivity index (χ1) is 17.0. The van der Waals surface area contributed by atoms with E-state index in [1.165, 1.54) is 11.3 Å². The van der Waals surface area contributed by atoms with Gasteiger partial charge in [-0.15, -0.1) is 0 Å². The summed E-state index contributed by atoms with van der Waals surface area (Å²) in [5, 5.41) is 23.1. The van der Waals surface area contributed by atoms with Crippen molar-refractivity contribution in [3.8, 4) is 0 Å². The molecule has 2 N–H and O–H groups in total. The number of thiazole rings is 1. The Hall–Kier alpha value is -3.57. The van der Waals surface area contributed by atoms with Gasteiger partial charge in [-0.25, -0.2) is 4.68 Å². The van der Waals surface area contributed by atoms with Crippen molar-refractivity contribution in [1.82, 2.24) is 29.4 Å². The van der Waals surface area contributed by atoms with Crippen LogP contribution < -0.4 is 5.32 Å². The average molecular weight is 508 g/mol. The van der Waals surface area contributed by atoms with Gasteiger partial charge in [0.2, 0.25) is 0 Å². The lowest BCUT2D eigenvalue weighted by Gasteiger charge is -2.19. The first-order valence-corrected chi connectivity index (χ1v) is 12.6. The number of aryl methyl sites for hydroxylation is 2. The second-order valence-electron chi connectivity index (χ2n) is 10.1. The molecule has 4 heterocycles. The number of rotatable bonds is 4. The van der Waals surface area contributed by atoms with E-state index in [1.54, 1.807) is 38.5 Å². The van der Waals surface area contributed by atoms with Gasteiger partial charge in [0, 0.05) is 24.3 Å². The van der Waals surface area contributed by atoms with Crippen LogP contribution in [-0.2, 0) is 5.54 Å². The van der Waals surface area contributed by atoms with E-state index in [4.69, 9.17) is 0 Å². The van der Waals surface area contributed by atoms with Crippen LogP contribution in [-0.4, -0.2) is 65.6 Å². The number of β-amino-alcohol motifs (C(OH)–C–C–N with tert-alkyl or cyclic N) is 1. The zero-order valence-corrected chi connectivity index (χ0v) is 21.7. The molecule has 1 fully saturated rings. The molecule has 36 heavy (non-hydrogen) atoms. The number of fused-ring (bicyclic) bond motifs is 1. The number of nitrogens with zero attached hydrogens (tertiary/aromatic N) is 6. The highest BCUT2D eigenvalue weighted by molar-refractivity contribution is 7.22. The first-order valence-electron chi connectivity index (χ1n) is 11.8. The summed E-state index contributed by atoms with van der Waals surface area (Å²) in [6.45, 7) is 10.3. The van der Waals surface area contributed by atoms with E-state index < -0.39 is 11.6 Å². The number of aliphatic hydroxyl groups is 1. The molecule has 1 saturated heterocycles. The molecule has 4 aromatic rings. The Labute approximate surface area is 212 Å². The van der Waals surface area contributed by atoms with E-state index in [9.17, 15) is 14.7 Å². The Morgan fingerprint density at radius 2 is 1.83 bits per heavy atom. The van der Waals surface area contributed by atoms with Crippen molar-refractivity contribution < 1.29 is 14.7 Å². The minimum absolute atomic E-state index is 0.183. The Kier molecular flexibility index (Phi) is 5.92. The predicted molar refractivity (Wildman–Crippen MR) is 137 cm³/mol. The summed E-state index contributed by atoms with van der Waals surface area (Å²) < 4.78 is 4.11. The fourth-order valence-electron chi connectivity index (χ4n) is 4.53. The third-order valence-electron chi connectivity index (χ3n) is 6.22. The lowest BCUT2D eigenvalue weighted by molar-refractivity contribution is 0.0759. The second-order valence-corrected chi connectivity index (χ2v) is 11.1. The van der Waals surface area contributed by atoms with Gasteiger partial charge in [-0.05, 0) is 52.8 Å². The summed E-state index contributed by atoms with van der Waals surface area (Å²) in [7, 11) is 0. The molecule has 3 aromatic heterocycles. The number of aliphatic hydroxyl groups excluding tert-OH is 1. The number of amides is 2. The predicted octanol–water partition coefficient (Wildman–Crippen LogP) is 3.37. The highest BCUT2D eigenvalue weighted by atomic mass is 32.1. The van der Waals surface area contributed by atoms with Crippen molar-refractivity contribution in [2.45, 2.75) is 52.3 Å². The lowest BCUT2D eigenvalue weighted by atomic mass is 10.1. The van der Waals surface area contributed by atoms with Gasteiger partial charge in [-0.1, -0.05) is 29.5 Å². The van der Waals surface area contributed by atoms with Crippen molar-refractivity contribution in [3.05, 3.63) is 59.0 Å². The summed E-state index contributed by atoms with van der Waals surface area (Å²) in [6, 6.07) is 10.5. The molecular formula is C25H29N7O3S. The second kappa shape index (κ2) is 8.82. The monoisotopic (exact) mass is 507 g/mol. The molecule has 2 atom stereocenters. The Balaban J connectivity index is 1.47. The van der Waals surface area contributed by atoms with Gasteiger partial charge in [0.1, 0.15) is 4.70 Å². The lowest BCUT2D eigenvalue weighted by Crippen LogP contribution is -2.31. The van der Waals surface area contributed by atoms with Crippen molar-refractivity contribution in [3.63, 3.8) is 0 Å². The normalized spacial score (nSPS) is 18.2. The SMILES string of the molecule is Cc1cc(C)n([C@@H]2CN(C(=O)c3nn(C(C)(C)C)c4nc(NC(=O)c5ccccc5)sc34)C[C@H]2O)n1. The maximum absolute atomic E-state index is 13.7. The Morgan fingerprint density at radius 3 is 2.47 bits per heavy atom. The van der Waals surface area contributed by atoms with Crippen LogP contribution in [0.4, 0.5) is 5.13 Å². The van der Waals surface area contributed by atoms with E-state index in [2.05, 4.69) is 20.5 Å². The number of aromatic nitrogens is 5. The van der Waals surface area contributed by atoms with Crippen LogP contribution in [0.15, 0.2) is 36.4 Å². The molecule has 1 aromatic carbocycles. The number of hydrogen-bond acceptors (Lipinski definition) is 7. The summed E-state index contributed by atoms with van der Waals surface area (Å²) in [5.74, 6) is -0.554. The van der Waals surface area contributed by atoms with Crippen LogP contribution in [0.1, 0.15) is 59.0 Å². The maximum Gasteiger partial charge on any atom is 0.276 e. The highest BCUT2D eigenvalue weighted by Gasteiger charge is 2.39. The zero-order valence-electron chi connectivity index (χ0n) is 20.9. The van der Waals surface area contributed by atoms with Crippen LogP contribution in [0, 0.1) is 13.8 Å². The van der Waals surface area contributed by atoms with Crippen LogP contribution in [0.2, 0.25) is 0 Å². The fraction of sp³-hybridized carbons (Fsp3) is 0.400. The summed E-state index contributed by atoms with van der Waals surface area (Å²) in [5.41, 5.74) is 2.68. The number of anilines is 1. The highest BCUT2D eigenvalue weighted by Crippen LogP contribution is 2.34. The molecule has 2 amide bonds. The van der Waals surface area contributed by atoms with E-state index in [0.717, 1.165) is 11.4 Å². The summed E-state index contributed by atoms with van der Waals surface area (Å²) in [6.07, 6.45) is -0.741. The number of carbonyl (C=O) groups excluding carboxylic acids is 2. The first kappa shape index (κ1) is 24.1. The zero-order chi connectivity index (χ0) is 25.8. The van der Waals surface area contributed by atoms with Crippen LogP contribution in [0.3, 0.4) is 0 Å². The fourth-order valence-corrected chi connectivity index (χ4v) is 5.45. The van der Waals surface area contributed by atoms with Gasteiger partial charge in [-0.3, -0.25) is 19.6 Å². The number of benzene rings is 1. The molecule has 1 aliphatic heterocycles. The molecule has 0 aliphatic carbocycles. The third kappa shape index (κ3) is 4.28. The van der Waals surface area contributed by atoms with Crippen LogP contribution in [0.5, 0.6) is 0 Å². The molecule has 5 rings (SSSR count). The quantitative estimate of drug-likeness (QED) is 0.437. The number of hydrogen-bond donors (Lipinski definition) is 2. The van der Waals surface area contributed by atoms with Crippen molar-refractivity contribution in [2.24, 2.45) is 0 Å². The summed E-state index contributed by atoms with van der Waals surface area (Å²) in [4.78, 5) is 32.6. The van der Waals surface area contributed by atoms with Crippen molar-refractivity contribution >= 4 is 38.6 Å². The van der Waals surface area contributed by atoms with E-state index >= 15 is 0 Å².